The fourth-order valence-electron chi connectivity index (χ4n) is 4.45. The van der Waals surface area contributed by atoms with Crippen molar-refractivity contribution in [3.8, 4) is 11.5 Å². The predicted molar refractivity (Wildman–Crippen MR) is 121 cm³/mol. The Hall–Kier alpha value is -2.48. The number of hydrogen-bond acceptors (Lipinski definition) is 2. The third kappa shape index (κ3) is 5.53. The highest BCUT2D eigenvalue weighted by Gasteiger charge is 2.26. The Morgan fingerprint density at radius 2 is 1.34 bits per heavy atom. The van der Waals surface area contributed by atoms with Crippen molar-refractivity contribution in [2.24, 2.45) is 5.92 Å². The van der Waals surface area contributed by atoms with E-state index in [2.05, 4.69) is 55.1 Å². The summed E-state index contributed by atoms with van der Waals surface area (Å²) in [7, 11) is 0. The molecule has 2 atom stereocenters. The van der Waals surface area contributed by atoms with Crippen LogP contribution in [0.4, 0.5) is 0 Å². The van der Waals surface area contributed by atoms with Crippen LogP contribution in [0.25, 0.3) is 12.2 Å². The van der Waals surface area contributed by atoms with Gasteiger partial charge in [-0.1, -0.05) is 55.5 Å². The second-order valence-electron chi connectivity index (χ2n) is 8.33. The van der Waals surface area contributed by atoms with E-state index < -0.39 is 0 Å². The Labute approximate surface area is 175 Å². The van der Waals surface area contributed by atoms with Gasteiger partial charge >= 0.3 is 0 Å². The first-order valence-corrected chi connectivity index (χ1v) is 11.1. The van der Waals surface area contributed by atoms with Gasteiger partial charge in [-0.25, -0.2) is 0 Å². The summed E-state index contributed by atoms with van der Waals surface area (Å²) in [6.07, 6.45) is 17.0. The van der Waals surface area contributed by atoms with Gasteiger partial charge in [-0.15, -0.1) is 0 Å². The highest BCUT2D eigenvalue weighted by molar-refractivity contribution is 5.51. The summed E-state index contributed by atoms with van der Waals surface area (Å²) in [5.41, 5.74) is 2.35. The zero-order valence-corrected chi connectivity index (χ0v) is 17.3. The molecule has 2 aliphatic rings. The molecule has 0 bridgehead atoms. The number of benzene rings is 2. The molecule has 0 aliphatic heterocycles. The molecule has 2 aliphatic carbocycles. The van der Waals surface area contributed by atoms with Crippen molar-refractivity contribution in [2.45, 2.75) is 63.6 Å². The van der Waals surface area contributed by atoms with E-state index in [9.17, 15) is 0 Å². The summed E-state index contributed by atoms with van der Waals surface area (Å²) in [5.74, 6) is 2.41. The van der Waals surface area contributed by atoms with Crippen LogP contribution in [0.3, 0.4) is 0 Å². The first-order chi connectivity index (χ1) is 14.3. The molecule has 0 spiro atoms. The normalized spacial score (nSPS) is 22.6. The van der Waals surface area contributed by atoms with Gasteiger partial charge in [0.25, 0.3) is 0 Å². The minimum Gasteiger partial charge on any atom is -0.490 e. The van der Waals surface area contributed by atoms with Gasteiger partial charge in [0.05, 0.1) is 6.10 Å². The molecule has 2 aromatic carbocycles. The largest absolute Gasteiger partial charge is 0.490 e. The van der Waals surface area contributed by atoms with E-state index in [1.165, 1.54) is 50.5 Å². The lowest BCUT2D eigenvalue weighted by Gasteiger charge is -2.23. The molecule has 0 heterocycles. The molecular weight excluding hydrogens is 356 g/mol. The maximum Gasteiger partial charge on any atom is 0.119 e. The quantitative estimate of drug-likeness (QED) is 0.495. The average Bonchev–Trinajstić information content (AvgIpc) is 3.21. The molecular formula is C27H32O2. The molecule has 29 heavy (non-hydrogen) atoms. The molecule has 2 aromatic rings. The lowest BCUT2D eigenvalue weighted by Crippen LogP contribution is -2.19. The molecule has 2 unspecified atom stereocenters. The van der Waals surface area contributed by atoms with Crippen molar-refractivity contribution < 1.29 is 9.47 Å². The fraction of sp³-hybridized carbons (Fsp3) is 0.407. The van der Waals surface area contributed by atoms with Gasteiger partial charge in [0.15, 0.2) is 0 Å². The summed E-state index contributed by atoms with van der Waals surface area (Å²) >= 11 is 0. The second-order valence-corrected chi connectivity index (χ2v) is 8.33. The van der Waals surface area contributed by atoms with E-state index >= 15 is 0 Å². The van der Waals surface area contributed by atoms with Gasteiger partial charge in [-0.2, -0.15) is 0 Å². The molecule has 2 saturated carbocycles. The summed E-state index contributed by atoms with van der Waals surface area (Å²) in [5, 5.41) is 0. The van der Waals surface area contributed by atoms with Crippen LogP contribution in [-0.2, 0) is 0 Å². The van der Waals surface area contributed by atoms with Crippen molar-refractivity contribution in [1.29, 1.82) is 0 Å². The summed E-state index contributed by atoms with van der Waals surface area (Å²) in [4.78, 5) is 0. The molecule has 2 fully saturated rings. The SMILES string of the molecule is C=Cc1ccc(OC2CCCC2/C=C/c2ccc(OC3CCCCC3)cc2)cc1. The van der Waals surface area contributed by atoms with Crippen LogP contribution in [0.2, 0.25) is 0 Å². The van der Waals surface area contributed by atoms with Crippen molar-refractivity contribution in [1.82, 2.24) is 0 Å². The molecule has 0 amide bonds. The molecule has 0 aromatic heterocycles. The van der Waals surface area contributed by atoms with Crippen molar-refractivity contribution in [3.05, 3.63) is 72.3 Å². The summed E-state index contributed by atoms with van der Waals surface area (Å²) in [6.45, 7) is 3.81. The molecule has 0 radical (unpaired) electrons. The summed E-state index contributed by atoms with van der Waals surface area (Å²) < 4.78 is 12.4. The van der Waals surface area contributed by atoms with Crippen LogP contribution in [-0.4, -0.2) is 12.2 Å². The Morgan fingerprint density at radius 3 is 2.03 bits per heavy atom. The third-order valence-corrected chi connectivity index (χ3v) is 6.18. The van der Waals surface area contributed by atoms with Gasteiger partial charge in [-0.05, 0) is 80.3 Å². The maximum atomic E-state index is 6.27. The van der Waals surface area contributed by atoms with Gasteiger partial charge in [0, 0.05) is 5.92 Å². The third-order valence-electron chi connectivity index (χ3n) is 6.18. The molecule has 0 saturated heterocycles. The second kappa shape index (κ2) is 9.82. The first kappa shape index (κ1) is 19.8. The standard InChI is InChI=1S/C27H32O2/c1-2-21-12-17-26(18-13-21)29-27-10-6-7-23(27)16-11-22-14-19-25(20-15-22)28-24-8-4-3-5-9-24/h2,11-20,23-24,27H,1,3-10H2/b16-11+. The zero-order chi connectivity index (χ0) is 19.9. The van der Waals surface area contributed by atoms with E-state index in [1.54, 1.807) is 0 Å². The van der Waals surface area contributed by atoms with Gasteiger partial charge < -0.3 is 9.47 Å². The van der Waals surface area contributed by atoms with Gasteiger partial charge in [0.1, 0.15) is 17.6 Å². The molecule has 4 rings (SSSR count). The van der Waals surface area contributed by atoms with E-state index in [1.807, 2.05) is 18.2 Å². The topological polar surface area (TPSA) is 18.5 Å². The maximum absolute atomic E-state index is 6.27. The van der Waals surface area contributed by atoms with Gasteiger partial charge in [0.2, 0.25) is 0 Å². The average molecular weight is 389 g/mol. The lowest BCUT2D eigenvalue weighted by molar-refractivity contribution is 0.155. The van der Waals surface area contributed by atoms with Crippen LogP contribution >= 0.6 is 0 Å². The van der Waals surface area contributed by atoms with Crippen LogP contribution in [0.1, 0.15) is 62.5 Å². The Balaban J connectivity index is 1.32. The summed E-state index contributed by atoms with van der Waals surface area (Å²) in [6, 6.07) is 16.7. The van der Waals surface area contributed by atoms with E-state index in [4.69, 9.17) is 9.47 Å². The van der Waals surface area contributed by atoms with Crippen molar-refractivity contribution in [2.75, 3.05) is 0 Å². The van der Waals surface area contributed by atoms with Crippen LogP contribution < -0.4 is 9.47 Å². The highest BCUT2D eigenvalue weighted by Crippen LogP contribution is 2.32. The Morgan fingerprint density at radius 1 is 0.690 bits per heavy atom. The Bertz CT molecular complexity index is 797. The first-order valence-electron chi connectivity index (χ1n) is 11.1. The van der Waals surface area contributed by atoms with Crippen LogP contribution in [0, 0.1) is 5.92 Å². The fourth-order valence-corrected chi connectivity index (χ4v) is 4.45. The monoisotopic (exact) mass is 388 g/mol. The minimum absolute atomic E-state index is 0.259. The lowest BCUT2D eigenvalue weighted by atomic mass is 9.98. The predicted octanol–water partition coefficient (Wildman–Crippen LogP) is 7.30. The number of ether oxygens (including phenoxy) is 2. The zero-order valence-electron chi connectivity index (χ0n) is 17.3. The molecule has 152 valence electrons. The van der Waals surface area contributed by atoms with Crippen LogP contribution in [0.5, 0.6) is 11.5 Å². The Kier molecular flexibility index (Phi) is 6.71. The van der Waals surface area contributed by atoms with E-state index in [0.717, 1.165) is 23.5 Å². The molecule has 2 nitrogen and oxygen atoms in total. The molecule has 2 heteroatoms. The van der Waals surface area contributed by atoms with Crippen molar-refractivity contribution >= 4 is 12.2 Å². The smallest absolute Gasteiger partial charge is 0.119 e. The van der Waals surface area contributed by atoms with E-state index in [-0.39, 0.29) is 6.10 Å². The van der Waals surface area contributed by atoms with Crippen molar-refractivity contribution in [3.63, 3.8) is 0 Å². The number of rotatable bonds is 7. The molecule has 0 N–H and O–H groups in total. The van der Waals surface area contributed by atoms with E-state index in [0.29, 0.717) is 12.0 Å². The van der Waals surface area contributed by atoms with Gasteiger partial charge in [-0.3, -0.25) is 0 Å². The van der Waals surface area contributed by atoms with Crippen LogP contribution in [0.15, 0.2) is 61.2 Å². The number of hydrogen-bond donors (Lipinski definition) is 0. The highest BCUT2D eigenvalue weighted by atomic mass is 16.5. The minimum atomic E-state index is 0.259.